The quantitative estimate of drug-likeness (QED) is 0.0850. The van der Waals surface area contributed by atoms with Crippen molar-refractivity contribution in [1.82, 2.24) is 0 Å². The van der Waals surface area contributed by atoms with E-state index in [1.165, 1.54) is 38.5 Å². The summed E-state index contributed by atoms with van der Waals surface area (Å²) < 4.78 is 22.5. The monoisotopic (exact) mass is 718 g/mol. The van der Waals surface area contributed by atoms with Crippen LogP contribution in [-0.2, 0) is 9.47 Å². The van der Waals surface area contributed by atoms with Crippen LogP contribution in [0.5, 0.6) is 34.5 Å². The van der Waals surface area contributed by atoms with Crippen LogP contribution in [0, 0.1) is 11.8 Å². The summed E-state index contributed by atoms with van der Waals surface area (Å²) in [5.41, 5.74) is -0.650. The highest BCUT2D eigenvalue weighted by molar-refractivity contribution is 6.13. The van der Waals surface area contributed by atoms with Gasteiger partial charge in [-0.2, -0.15) is 0 Å². The first kappa shape index (κ1) is 36.8. The van der Waals surface area contributed by atoms with Crippen molar-refractivity contribution in [2.75, 3.05) is 14.2 Å². The minimum Gasteiger partial charge on any atom is -0.506 e. The second-order valence-electron chi connectivity index (χ2n) is 14.1. The lowest BCUT2D eigenvalue weighted by Crippen LogP contribution is -2.32. The zero-order chi connectivity index (χ0) is 37.8. The zero-order valence-corrected chi connectivity index (χ0v) is 30.1. The highest BCUT2D eigenvalue weighted by Crippen LogP contribution is 2.56. The Kier molecular flexibility index (Phi) is 10.1. The van der Waals surface area contributed by atoms with E-state index in [1.54, 1.807) is 0 Å². The van der Waals surface area contributed by atoms with E-state index in [0.29, 0.717) is 37.5 Å². The number of aliphatic hydroxyl groups excluding tert-OH is 2. The van der Waals surface area contributed by atoms with Crippen molar-refractivity contribution >= 4 is 33.5 Å². The van der Waals surface area contributed by atoms with Gasteiger partial charge in [-0.3, -0.25) is 0 Å². The number of esters is 2. The molecule has 0 aromatic heterocycles. The van der Waals surface area contributed by atoms with Gasteiger partial charge in [0.1, 0.15) is 70.0 Å². The van der Waals surface area contributed by atoms with Crippen LogP contribution >= 0.6 is 0 Å². The molecule has 0 unspecified atom stereocenters. The number of aliphatic hydroxyl groups is 2. The normalized spacial score (nSPS) is 20.9. The number of cyclic esters (lactones) is 2. The highest BCUT2D eigenvalue weighted by Gasteiger charge is 2.40. The first-order valence-corrected chi connectivity index (χ1v) is 17.7. The number of aromatic hydroxyl groups is 4. The predicted molar refractivity (Wildman–Crippen MR) is 192 cm³/mol. The highest BCUT2D eigenvalue weighted by atomic mass is 16.6. The second-order valence-corrected chi connectivity index (χ2v) is 14.1. The molecular weight excluding hydrogens is 672 g/mol. The molecule has 0 amide bonds. The number of phenolic OH excluding ortho intramolecular Hbond substituents is 4. The Bertz CT molecular complexity index is 1920. The molecule has 278 valence electrons. The number of carbonyl (C=O) groups excluding carboxylic acids is 2. The van der Waals surface area contributed by atoms with Crippen LogP contribution in [0.4, 0.5) is 0 Å². The molecule has 4 aromatic rings. The molecule has 0 saturated heterocycles. The third-order valence-corrected chi connectivity index (χ3v) is 11.0. The van der Waals surface area contributed by atoms with Gasteiger partial charge in [-0.05, 0) is 72.6 Å². The van der Waals surface area contributed by atoms with Crippen molar-refractivity contribution in [3.8, 4) is 45.6 Å². The summed E-state index contributed by atoms with van der Waals surface area (Å²) in [7, 11) is 2.65. The van der Waals surface area contributed by atoms with Crippen LogP contribution in [0.3, 0.4) is 0 Å². The Morgan fingerprint density at radius 1 is 0.615 bits per heavy atom. The molecule has 0 bridgehead atoms. The van der Waals surface area contributed by atoms with Crippen LogP contribution < -0.4 is 9.47 Å². The van der Waals surface area contributed by atoms with Crippen molar-refractivity contribution in [2.24, 2.45) is 11.8 Å². The number of carbonyl (C=O) groups is 2. The molecule has 12 nitrogen and oxygen atoms in total. The fourth-order valence-corrected chi connectivity index (χ4v) is 7.42. The number of methoxy groups -OCH3 is 2. The smallest absolute Gasteiger partial charge is 0.342 e. The third kappa shape index (κ3) is 5.97. The van der Waals surface area contributed by atoms with Crippen molar-refractivity contribution in [3.63, 3.8) is 0 Å². The van der Waals surface area contributed by atoms with E-state index >= 15 is 0 Å². The maximum atomic E-state index is 13.3. The standard InChI is InChI=1S/C40H46O12/c1-7-17(3)9-11-23-33(41)21-13-19-15-25(49-5)31(37(45)27(19)35(43)29(21)39(47)51-23)32-26(50-6)16-20-14-22-30(36(44)28(20)38(32)46)40(48)52-24(34(22)42)12-10-18(4)8-2/h13-18,23-24,33-34,41-46H,7-12H2,1-6H3/t17-,18+,23-,24-,33-,34-/m1/s1. The van der Waals surface area contributed by atoms with Gasteiger partial charge in [0.2, 0.25) is 0 Å². The summed E-state index contributed by atoms with van der Waals surface area (Å²) >= 11 is 0. The number of phenols is 4. The van der Waals surface area contributed by atoms with E-state index in [4.69, 9.17) is 18.9 Å². The van der Waals surface area contributed by atoms with Gasteiger partial charge in [-0.1, -0.05) is 40.5 Å². The molecule has 0 spiro atoms. The van der Waals surface area contributed by atoms with Gasteiger partial charge in [0.05, 0.1) is 36.1 Å². The SMILES string of the molecule is CC[C@@H](C)CC[C@H]1OC(=O)c2c(cc3cc(OC)c(-c4c(OC)cc5cc6c(c(O)c5c4O)C(=O)O[C@H](CC[C@@H](C)CC)[C@@H]6O)c(O)c3c2O)[C@H]1O. The largest absolute Gasteiger partial charge is 0.506 e. The minimum atomic E-state index is -1.24. The second kappa shape index (κ2) is 14.2. The Morgan fingerprint density at radius 2 is 0.962 bits per heavy atom. The summed E-state index contributed by atoms with van der Waals surface area (Å²) in [6.07, 6.45) is -0.0113. The van der Waals surface area contributed by atoms with Crippen molar-refractivity contribution in [3.05, 3.63) is 46.5 Å². The summed E-state index contributed by atoms with van der Waals surface area (Å²) in [5.74, 6) is -3.51. The summed E-state index contributed by atoms with van der Waals surface area (Å²) in [4.78, 5) is 26.5. The predicted octanol–water partition coefficient (Wildman–Crippen LogP) is 7.30. The molecule has 52 heavy (non-hydrogen) atoms. The van der Waals surface area contributed by atoms with E-state index in [9.17, 15) is 40.2 Å². The topological polar surface area (TPSA) is 192 Å². The molecule has 0 saturated carbocycles. The Balaban J connectivity index is 1.52. The lowest BCUT2D eigenvalue weighted by molar-refractivity contribution is -0.0346. The van der Waals surface area contributed by atoms with Crippen LogP contribution in [0.2, 0.25) is 0 Å². The Labute approximate surface area is 301 Å². The molecule has 6 N–H and O–H groups in total. The lowest BCUT2D eigenvalue weighted by Gasteiger charge is -2.31. The summed E-state index contributed by atoms with van der Waals surface area (Å²) in [6.45, 7) is 8.24. The number of ether oxygens (including phenoxy) is 4. The molecule has 2 aliphatic heterocycles. The fraction of sp³-hybridized carbons (Fsp3) is 0.450. The molecule has 12 heteroatoms. The number of benzene rings is 4. The number of rotatable bonds is 11. The van der Waals surface area contributed by atoms with Crippen LogP contribution in [-0.4, -0.2) is 69.0 Å². The van der Waals surface area contributed by atoms with Gasteiger partial charge in [-0.15, -0.1) is 0 Å². The van der Waals surface area contributed by atoms with E-state index in [2.05, 4.69) is 27.7 Å². The number of fused-ring (bicyclic) bond motifs is 4. The minimum absolute atomic E-state index is 0.00919. The fourth-order valence-electron chi connectivity index (χ4n) is 7.42. The van der Waals surface area contributed by atoms with Crippen LogP contribution in [0.15, 0.2) is 24.3 Å². The molecule has 6 atom stereocenters. The molecule has 6 rings (SSSR count). The average Bonchev–Trinajstić information content (AvgIpc) is 3.12. The Morgan fingerprint density at radius 3 is 1.29 bits per heavy atom. The average molecular weight is 719 g/mol. The van der Waals surface area contributed by atoms with Gasteiger partial charge in [0, 0.05) is 11.1 Å². The van der Waals surface area contributed by atoms with Crippen LogP contribution in [0.1, 0.15) is 110 Å². The zero-order valence-electron chi connectivity index (χ0n) is 30.1. The molecule has 2 aliphatic rings. The molecule has 0 fully saturated rings. The maximum Gasteiger partial charge on any atom is 0.342 e. The van der Waals surface area contributed by atoms with E-state index in [0.717, 1.165) is 12.8 Å². The van der Waals surface area contributed by atoms with E-state index < -0.39 is 59.4 Å². The van der Waals surface area contributed by atoms with Crippen molar-refractivity contribution < 1.29 is 59.2 Å². The van der Waals surface area contributed by atoms with Crippen LogP contribution in [0.25, 0.3) is 32.7 Å². The molecule has 0 aliphatic carbocycles. The van der Waals surface area contributed by atoms with Crippen molar-refractivity contribution in [2.45, 2.75) is 90.6 Å². The van der Waals surface area contributed by atoms with Gasteiger partial charge in [-0.25, -0.2) is 9.59 Å². The molecule has 4 aromatic carbocycles. The summed E-state index contributed by atoms with van der Waals surface area (Å²) in [6, 6.07) is 5.91. The number of hydrogen-bond donors (Lipinski definition) is 6. The van der Waals surface area contributed by atoms with Gasteiger partial charge >= 0.3 is 11.9 Å². The number of hydrogen-bond acceptors (Lipinski definition) is 12. The lowest BCUT2D eigenvalue weighted by atomic mass is 9.86. The maximum absolute atomic E-state index is 13.3. The first-order valence-electron chi connectivity index (χ1n) is 17.7. The van der Waals surface area contributed by atoms with Crippen molar-refractivity contribution in [1.29, 1.82) is 0 Å². The van der Waals surface area contributed by atoms with Gasteiger partial charge in [0.15, 0.2) is 0 Å². The van der Waals surface area contributed by atoms with E-state index in [-0.39, 0.29) is 66.4 Å². The molecule has 0 radical (unpaired) electrons. The third-order valence-electron chi connectivity index (χ3n) is 11.0. The van der Waals surface area contributed by atoms with Gasteiger partial charge < -0.3 is 49.6 Å². The van der Waals surface area contributed by atoms with E-state index in [1.807, 2.05) is 0 Å². The summed E-state index contributed by atoms with van der Waals surface area (Å²) in [5, 5.41) is 69.4. The molecule has 2 heterocycles. The van der Waals surface area contributed by atoms with Gasteiger partial charge in [0.25, 0.3) is 0 Å². The first-order chi connectivity index (χ1) is 24.8. The molecular formula is C40H46O12. The Hall–Kier alpha value is -4.94.